The van der Waals surface area contributed by atoms with E-state index in [0.717, 1.165) is 42.1 Å². The number of methoxy groups -OCH3 is 1. The lowest BCUT2D eigenvalue weighted by atomic mass is 10.1. The van der Waals surface area contributed by atoms with E-state index in [1.165, 1.54) is 13.2 Å². The van der Waals surface area contributed by atoms with Crippen molar-refractivity contribution in [3.8, 4) is 5.75 Å². The molecular weight excluding hydrogens is 370 g/mol. The van der Waals surface area contributed by atoms with Crippen molar-refractivity contribution in [3.05, 3.63) is 65.4 Å². The number of carboxylic acid groups (broad SMARTS) is 1. The van der Waals surface area contributed by atoms with Crippen LogP contribution in [0, 0.1) is 0 Å². The summed E-state index contributed by atoms with van der Waals surface area (Å²) >= 11 is 0. The minimum Gasteiger partial charge on any atom is -0.496 e. The van der Waals surface area contributed by atoms with E-state index in [1.807, 2.05) is 29.0 Å². The molecule has 1 saturated carbocycles. The van der Waals surface area contributed by atoms with E-state index in [4.69, 9.17) is 9.47 Å². The second-order valence-electron chi connectivity index (χ2n) is 7.36. The highest BCUT2D eigenvalue weighted by Crippen LogP contribution is 2.26. The molecule has 6 nitrogen and oxygen atoms in total. The zero-order valence-electron chi connectivity index (χ0n) is 16.3. The molecule has 4 rings (SSSR count). The van der Waals surface area contributed by atoms with Crippen LogP contribution in [0.2, 0.25) is 0 Å². The van der Waals surface area contributed by atoms with Gasteiger partial charge in [-0.3, -0.25) is 0 Å². The first-order chi connectivity index (χ1) is 14.0. The molecule has 0 amide bonds. The fraction of sp³-hybridized carbons (Fsp3) is 0.304. The summed E-state index contributed by atoms with van der Waals surface area (Å²) in [7, 11) is 1.52. The van der Waals surface area contributed by atoms with Crippen molar-refractivity contribution in [3.63, 3.8) is 0 Å². The van der Waals surface area contributed by atoms with Crippen molar-refractivity contribution >= 4 is 22.8 Å². The Labute approximate surface area is 168 Å². The Hall–Kier alpha value is -3.28. The van der Waals surface area contributed by atoms with Crippen LogP contribution in [-0.2, 0) is 11.3 Å². The molecule has 1 heterocycles. The molecule has 29 heavy (non-hydrogen) atoms. The lowest BCUT2D eigenvalue weighted by molar-refractivity contribution is 0.0318. The number of aromatic carboxylic acids is 1. The highest BCUT2D eigenvalue weighted by Gasteiger charge is 2.20. The van der Waals surface area contributed by atoms with Gasteiger partial charge in [-0.1, -0.05) is 12.1 Å². The fourth-order valence-corrected chi connectivity index (χ4v) is 3.87. The van der Waals surface area contributed by atoms with Crippen molar-refractivity contribution < 1.29 is 24.2 Å². The van der Waals surface area contributed by atoms with Crippen LogP contribution in [0.1, 0.15) is 52.0 Å². The van der Waals surface area contributed by atoms with E-state index in [2.05, 4.69) is 0 Å². The van der Waals surface area contributed by atoms with Crippen molar-refractivity contribution in [1.82, 2.24) is 4.57 Å². The van der Waals surface area contributed by atoms with Crippen LogP contribution in [-0.4, -0.2) is 34.8 Å². The quantitative estimate of drug-likeness (QED) is 0.624. The van der Waals surface area contributed by atoms with Gasteiger partial charge < -0.3 is 19.1 Å². The fourth-order valence-electron chi connectivity index (χ4n) is 3.87. The monoisotopic (exact) mass is 393 g/mol. The van der Waals surface area contributed by atoms with Gasteiger partial charge >= 0.3 is 11.9 Å². The molecular formula is C23H23NO5. The third kappa shape index (κ3) is 3.97. The number of ether oxygens (including phenoxy) is 2. The van der Waals surface area contributed by atoms with Crippen LogP contribution < -0.4 is 4.74 Å². The largest absolute Gasteiger partial charge is 0.496 e. The zero-order chi connectivity index (χ0) is 20.4. The number of fused-ring (bicyclic) bond motifs is 1. The van der Waals surface area contributed by atoms with E-state index in [-0.39, 0.29) is 17.6 Å². The number of esters is 1. The Kier molecular flexibility index (Phi) is 5.25. The first-order valence-corrected chi connectivity index (χ1v) is 9.75. The number of carbonyl (C=O) groups is 2. The summed E-state index contributed by atoms with van der Waals surface area (Å²) in [5.41, 5.74) is 2.49. The van der Waals surface area contributed by atoms with E-state index < -0.39 is 5.97 Å². The Balaban J connectivity index is 1.61. The molecule has 0 unspecified atom stereocenters. The minimum atomic E-state index is -0.994. The van der Waals surface area contributed by atoms with Gasteiger partial charge in [0.2, 0.25) is 0 Å². The van der Waals surface area contributed by atoms with Crippen molar-refractivity contribution in [1.29, 1.82) is 0 Å². The predicted molar refractivity (Wildman–Crippen MR) is 109 cm³/mol. The maximum Gasteiger partial charge on any atom is 0.338 e. The first kappa shape index (κ1) is 19.1. The molecule has 0 aliphatic heterocycles. The molecule has 150 valence electrons. The maximum atomic E-state index is 12.5. The average Bonchev–Trinajstić information content (AvgIpc) is 3.37. The number of hydrogen-bond donors (Lipinski definition) is 1. The maximum absolute atomic E-state index is 12.5. The minimum absolute atomic E-state index is 0.0296. The lowest BCUT2D eigenvalue weighted by Gasteiger charge is -2.13. The summed E-state index contributed by atoms with van der Waals surface area (Å²) in [4.78, 5) is 23.7. The Bertz CT molecular complexity index is 1060. The summed E-state index contributed by atoms with van der Waals surface area (Å²) in [6, 6.07) is 12.4. The smallest absolute Gasteiger partial charge is 0.338 e. The van der Waals surface area contributed by atoms with Gasteiger partial charge in [0.15, 0.2) is 0 Å². The molecule has 2 aromatic carbocycles. The number of carbonyl (C=O) groups excluding carboxylic acids is 1. The van der Waals surface area contributed by atoms with E-state index in [9.17, 15) is 14.7 Å². The van der Waals surface area contributed by atoms with E-state index >= 15 is 0 Å². The van der Waals surface area contributed by atoms with Gasteiger partial charge in [0.1, 0.15) is 11.9 Å². The number of carboxylic acids is 1. The third-order valence-electron chi connectivity index (χ3n) is 5.46. The number of rotatable bonds is 6. The highest BCUT2D eigenvalue weighted by atomic mass is 16.5. The Morgan fingerprint density at radius 3 is 2.55 bits per heavy atom. The number of aromatic nitrogens is 1. The van der Waals surface area contributed by atoms with Crippen molar-refractivity contribution in [2.75, 3.05) is 7.11 Å². The van der Waals surface area contributed by atoms with Gasteiger partial charge in [-0.15, -0.1) is 0 Å². The standard InChI is InChI=1S/C23H23NO5/c1-28-21-13-16(22(25)26)7-9-18(21)14-24-11-10-15-6-8-17(12-20(15)24)23(27)29-19-4-2-3-5-19/h6-13,19H,2-5,14H2,1H3,(H,25,26). The normalized spacial score (nSPS) is 14.2. The SMILES string of the molecule is COc1cc(C(=O)O)ccc1Cn1ccc2ccc(C(=O)OC3CCCC3)cc21. The van der Waals surface area contributed by atoms with E-state index in [0.29, 0.717) is 17.9 Å². The van der Waals surface area contributed by atoms with Gasteiger partial charge in [-0.2, -0.15) is 0 Å². The Morgan fingerprint density at radius 2 is 1.83 bits per heavy atom. The van der Waals surface area contributed by atoms with Crippen LogP contribution in [0.15, 0.2) is 48.7 Å². The average molecular weight is 393 g/mol. The lowest BCUT2D eigenvalue weighted by Crippen LogP contribution is -2.14. The molecule has 0 spiro atoms. The first-order valence-electron chi connectivity index (χ1n) is 9.75. The summed E-state index contributed by atoms with van der Waals surface area (Å²) < 4.78 is 13.0. The number of nitrogens with zero attached hydrogens (tertiary/aromatic N) is 1. The molecule has 0 atom stereocenters. The van der Waals surface area contributed by atoms with Crippen LogP contribution >= 0.6 is 0 Å². The summed E-state index contributed by atoms with van der Waals surface area (Å²) in [6.45, 7) is 0.494. The van der Waals surface area contributed by atoms with Gasteiger partial charge in [-0.25, -0.2) is 9.59 Å². The second kappa shape index (κ2) is 7.99. The number of hydrogen-bond acceptors (Lipinski definition) is 4. The molecule has 1 fully saturated rings. The molecule has 3 aromatic rings. The number of benzene rings is 2. The molecule has 0 radical (unpaired) electrons. The van der Waals surface area contributed by atoms with E-state index in [1.54, 1.807) is 18.2 Å². The molecule has 1 aromatic heterocycles. The second-order valence-corrected chi connectivity index (χ2v) is 7.36. The molecule has 6 heteroatoms. The topological polar surface area (TPSA) is 77.8 Å². The predicted octanol–water partition coefficient (Wildman–Crippen LogP) is 4.50. The summed E-state index contributed by atoms with van der Waals surface area (Å²) in [5.74, 6) is -0.759. The summed E-state index contributed by atoms with van der Waals surface area (Å²) in [6.07, 6.45) is 6.08. The van der Waals surface area contributed by atoms with Crippen LogP contribution in [0.4, 0.5) is 0 Å². The third-order valence-corrected chi connectivity index (χ3v) is 5.46. The van der Waals surface area contributed by atoms with Gasteiger partial charge in [0.25, 0.3) is 0 Å². The molecule has 0 bridgehead atoms. The van der Waals surface area contributed by atoms with Crippen LogP contribution in [0.25, 0.3) is 10.9 Å². The molecule has 1 aliphatic carbocycles. The van der Waals surface area contributed by atoms with Gasteiger partial charge in [-0.05, 0) is 61.4 Å². The van der Waals surface area contributed by atoms with Gasteiger partial charge in [0, 0.05) is 17.3 Å². The van der Waals surface area contributed by atoms with Gasteiger partial charge in [0.05, 0.1) is 24.8 Å². The summed E-state index contributed by atoms with van der Waals surface area (Å²) in [5, 5.41) is 10.2. The van der Waals surface area contributed by atoms with Crippen LogP contribution in [0.5, 0.6) is 5.75 Å². The van der Waals surface area contributed by atoms with Crippen LogP contribution in [0.3, 0.4) is 0 Å². The molecule has 1 aliphatic rings. The van der Waals surface area contributed by atoms with Crippen molar-refractivity contribution in [2.24, 2.45) is 0 Å². The molecule has 0 saturated heterocycles. The zero-order valence-corrected chi connectivity index (χ0v) is 16.3. The van der Waals surface area contributed by atoms with Crippen molar-refractivity contribution in [2.45, 2.75) is 38.3 Å². The Morgan fingerprint density at radius 1 is 1.07 bits per heavy atom. The highest BCUT2D eigenvalue weighted by molar-refractivity contribution is 5.94. The molecule has 1 N–H and O–H groups in total.